The van der Waals surface area contributed by atoms with Gasteiger partial charge in [0.1, 0.15) is 12.4 Å². The number of aliphatic carboxylic acids is 1. The van der Waals surface area contributed by atoms with Crippen molar-refractivity contribution in [1.82, 2.24) is 4.90 Å². The monoisotopic (exact) mass is 457 g/mol. The van der Waals surface area contributed by atoms with Crippen LogP contribution < -0.4 is 9.75 Å². The Morgan fingerprint density at radius 2 is 1.85 bits per heavy atom. The molecular formula is C25H35N3O5. The normalized spacial score (nSPS) is 27.5. The van der Waals surface area contributed by atoms with Crippen molar-refractivity contribution in [2.24, 2.45) is 16.9 Å². The molecule has 33 heavy (non-hydrogen) atoms. The summed E-state index contributed by atoms with van der Waals surface area (Å²) in [6, 6.07) is 7.91. The Balaban J connectivity index is 1.33. The van der Waals surface area contributed by atoms with E-state index in [4.69, 9.17) is 9.47 Å². The summed E-state index contributed by atoms with van der Waals surface area (Å²) in [7, 11) is 1.83. The Bertz CT molecular complexity index is 852. The van der Waals surface area contributed by atoms with Gasteiger partial charge < -0.3 is 19.5 Å². The van der Waals surface area contributed by atoms with Crippen LogP contribution in [0.5, 0.6) is 5.75 Å². The highest BCUT2D eigenvalue weighted by molar-refractivity contribution is 5.71. The van der Waals surface area contributed by atoms with E-state index in [0.717, 1.165) is 43.5 Å². The Labute approximate surface area is 195 Å². The third kappa shape index (κ3) is 5.60. The smallest absolute Gasteiger partial charge is 0.409 e. The van der Waals surface area contributed by atoms with E-state index in [9.17, 15) is 14.7 Å². The lowest BCUT2D eigenvalue weighted by atomic mass is 9.87. The molecule has 2 unspecified atom stereocenters. The first-order valence-electron chi connectivity index (χ1n) is 12.1. The highest BCUT2D eigenvalue weighted by Crippen LogP contribution is 2.31. The number of carboxylic acid groups (broad SMARTS) is 1. The molecule has 0 saturated heterocycles. The third-order valence-corrected chi connectivity index (χ3v) is 7.26. The van der Waals surface area contributed by atoms with Crippen molar-refractivity contribution in [2.45, 2.75) is 76.5 Å². The molecule has 3 aliphatic rings. The van der Waals surface area contributed by atoms with Gasteiger partial charge in [0, 0.05) is 25.2 Å². The molecule has 0 radical (unpaired) electrons. The first kappa shape index (κ1) is 23.4. The molecular weight excluding hydrogens is 422 g/mol. The molecule has 1 aliphatic heterocycles. The fourth-order valence-electron chi connectivity index (χ4n) is 5.11. The van der Waals surface area contributed by atoms with Crippen molar-refractivity contribution < 1.29 is 24.2 Å². The van der Waals surface area contributed by atoms with Crippen LogP contribution in [0, 0.1) is 11.8 Å². The first-order chi connectivity index (χ1) is 15.9. The lowest BCUT2D eigenvalue weighted by Crippen LogP contribution is -2.40. The van der Waals surface area contributed by atoms with Crippen LogP contribution in [-0.4, -0.2) is 60.1 Å². The van der Waals surface area contributed by atoms with Gasteiger partial charge in [-0.3, -0.25) is 9.80 Å². The molecule has 180 valence electrons. The van der Waals surface area contributed by atoms with Crippen molar-refractivity contribution in [3.05, 3.63) is 24.3 Å². The van der Waals surface area contributed by atoms with Crippen molar-refractivity contribution in [3.63, 3.8) is 0 Å². The number of ether oxygens (including phenoxy) is 2. The molecule has 1 aromatic carbocycles. The molecule has 2 aliphatic carbocycles. The predicted molar refractivity (Wildman–Crippen MR) is 126 cm³/mol. The minimum Gasteiger partial charge on any atom is -0.490 e. The van der Waals surface area contributed by atoms with Crippen LogP contribution >= 0.6 is 0 Å². The number of hydrogen-bond acceptors (Lipinski definition) is 6. The van der Waals surface area contributed by atoms with E-state index in [0.29, 0.717) is 6.42 Å². The molecule has 1 N–H and O–H groups in total. The van der Waals surface area contributed by atoms with Crippen LogP contribution in [0.4, 0.5) is 10.5 Å². The highest BCUT2D eigenvalue weighted by Gasteiger charge is 2.32. The highest BCUT2D eigenvalue weighted by atomic mass is 16.6. The SMILES string of the molecule is CC1C=NN(c2ccc(O[C@H]3CCC[C@H](C(=O)O)C3)cc2)C1COC(=O)N(C)C1CCCC1. The van der Waals surface area contributed by atoms with Crippen LogP contribution in [0.25, 0.3) is 0 Å². The van der Waals surface area contributed by atoms with Gasteiger partial charge >= 0.3 is 12.1 Å². The van der Waals surface area contributed by atoms with Crippen molar-refractivity contribution in [3.8, 4) is 5.75 Å². The van der Waals surface area contributed by atoms with Gasteiger partial charge in [-0.15, -0.1) is 0 Å². The molecule has 2 fully saturated rings. The second kappa shape index (κ2) is 10.4. The summed E-state index contributed by atoms with van der Waals surface area (Å²) in [5, 5.41) is 15.7. The molecule has 1 amide bonds. The van der Waals surface area contributed by atoms with Crippen LogP contribution in [0.2, 0.25) is 0 Å². The topological polar surface area (TPSA) is 91.7 Å². The van der Waals surface area contributed by atoms with Gasteiger partial charge in [0.2, 0.25) is 0 Å². The number of anilines is 1. The Morgan fingerprint density at radius 1 is 1.12 bits per heavy atom. The predicted octanol–water partition coefficient (Wildman–Crippen LogP) is 4.53. The zero-order valence-electron chi connectivity index (χ0n) is 19.6. The standard InChI is InChI=1S/C25H35N3O5/c1-17-15-26-28(23(17)16-32-25(31)27(2)19-7-3-4-8-19)20-10-12-21(13-11-20)33-22-9-5-6-18(14-22)24(29)30/h10-13,15,17-19,22-23H,3-9,14,16H2,1-2H3,(H,29,30)/t17?,18-,22-,23?/m0/s1. The Kier molecular flexibility index (Phi) is 7.40. The number of hydrogen-bond donors (Lipinski definition) is 1. The first-order valence-corrected chi connectivity index (χ1v) is 12.1. The number of carbonyl (C=O) groups excluding carboxylic acids is 1. The molecule has 4 atom stereocenters. The summed E-state index contributed by atoms with van der Waals surface area (Å²) in [6.07, 6.45) is 9.01. The van der Waals surface area contributed by atoms with Gasteiger partial charge in [-0.25, -0.2) is 4.79 Å². The minimum atomic E-state index is -0.735. The molecule has 8 heteroatoms. The average Bonchev–Trinajstić information content (AvgIpc) is 3.48. The van der Waals surface area contributed by atoms with Crippen LogP contribution in [0.3, 0.4) is 0 Å². The number of amides is 1. The quantitative estimate of drug-likeness (QED) is 0.647. The van der Waals surface area contributed by atoms with E-state index in [2.05, 4.69) is 12.0 Å². The van der Waals surface area contributed by atoms with E-state index < -0.39 is 5.97 Å². The van der Waals surface area contributed by atoms with Gasteiger partial charge in [-0.05, 0) is 62.8 Å². The summed E-state index contributed by atoms with van der Waals surface area (Å²) in [4.78, 5) is 25.6. The van der Waals surface area contributed by atoms with E-state index in [-0.39, 0.29) is 42.7 Å². The van der Waals surface area contributed by atoms with Crippen molar-refractivity contribution >= 4 is 24.0 Å². The number of rotatable bonds is 7. The van der Waals surface area contributed by atoms with E-state index in [1.165, 1.54) is 12.8 Å². The summed E-state index contributed by atoms with van der Waals surface area (Å²) in [5.41, 5.74) is 0.903. The maximum Gasteiger partial charge on any atom is 0.409 e. The molecule has 8 nitrogen and oxygen atoms in total. The van der Waals surface area contributed by atoms with Gasteiger partial charge in [-0.1, -0.05) is 19.8 Å². The maximum atomic E-state index is 12.5. The third-order valence-electron chi connectivity index (χ3n) is 7.26. The van der Waals surface area contributed by atoms with E-state index >= 15 is 0 Å². The lowest BCUT2D eigenvalue weighted by Gasteiger charge is -2.29. The summed E-state index contributed by atoms with van der Waals surface area (Å²) in [6.45, 7) is 2.34. The van der Waals surface area contributed by atoms with Crippen LogP contribution in [0.15, 0.2) is 29.4 Å². The number of carboxylic acids is 1. The zero-order valence-corrected chi connectivity index (χ0v) is 19.6. The summed E-state index contributed by atoms with van der Waals surface area (Å²) in [5.74, 6) is -0.173. The average molecular weight is 458 g/mol. The fraction of sp³-hybridized carbons (Fsp3) is 0.640. The maximum absolute atomic E-state index is 12.5. The minimum absolute atomic E-state index is 0.0626. The number of benzene rings is 1. The van der Waals surface area contributed by atoms with Crippen LogP contribution in [-0.2, 0) is 9.53 Å². The summed E-state index contributed by atoms with van der Waals surface area (Å²) >= 11 is 0. The molecule has 4 rings (SSSR count). The zero-order chi connectivity index (χ0) is 23.4. The van der Waals surface area contributed by atoms with Gasteiger partial charge in [0.15, 0.2) is 0 Å². The number of nitrogens with zero attached hydrogens (tertiary/aromatic N) is 3. The molecule has 0 aromatic heterocycles. The molecule has 1 heterocycles. The number of carbonyl (C=O) groups is 2. The molecule has 0 bridgehead atoms. The fourth-order valence-corrected chi connectivity index (χ4v) is 5.11. The second-order valence-corrected chi connectivity index (χ2v) is 9.60. The second-order valence-electron chi connectivity index (χ2n) is 9.60. The van der Waals surface area contributed by atoms with Gasteiger partial charge in [0.05, 0.1) is 23.8 Å². The summed E-state index contributed by atoms with van der Waals surface area (Å²) < 4.78 is 11.7. The van der Waals surface area contributed by atoms with E-state index in [1.54, 1.807) is 4.90 Å². The molecule has 1 aromatic rings. The van der Waals surface area contributed by atoms with E-state index in [1.807, 2.05) is 42.5 Å². The lowest BCUT2D eigenvalue weighted by molar-refractivity contribution is -0.143. The molecule has 0 spiro atoms. The Hall–Kier alpha value is -2.77. The number of hydrazone groups is 1. The van der Waals surface area contributed by atoms with Gasteiger partial charge in [0.25, 0.3) is 0 Å². The van der Waals surface area contributed by atoms with Crippen molar-refractivity contribution in [2.75, 3.05) is 18.7 Å². The van der Waals surface area contributed by atoms with Crippen molar-refractivity contribution in [1.29, 1.82) is 0 Å². The largest absolute Gasteiger partial charge is 0.490 e. The molecule has 2 saturated carbocycles. The Morgan fingerprint density at radius 3 is 2.55 bits per heavy atom. The van der Waals surface area contributed by atoms with Gasteiger partial charge in [-0.2, -0.15) is 5.10 Å². The van der Waals surface area contributed by atoms with Crippen LogP contribution in [0.1, 0.15) is 58.3 Å².